The number of rotatable bonds is 3. The van der Waals surface area contributed by atoms with Gasteiger partial charge in [-0.2, -0.15) is 0 Å². The van der Waals surface area contributed by atoms with E-state index in [4.69, 9.17) is 9.47 Å². The zero-order valence-corrected chi connectivity index (χ0v) is 9.12. The van der Waals surface area contributed by atoms with Crippen molar-refractivity contribution in [2.75, 3.05) is 6.61 Å². The molecular formula is C7H13IO3. The Kier molecular flexibility index (Phi) is 5.62. The van der Waals surface area contributed by atoms with Gasteiger partial charge in [0.2, 0.25) is 0 Å². The van der Waals surface area contributed by atoms with E-state index in [1.807, 2.05) is 6.92 Å². The molecule has 0 heterocycles. The van der Waals surface area contributed by atoms with Crippen LogP contribution in [-0.4, -0.2) is 22.8 Å². The lowest BCUT2D eigenvalue weighted by Gasteiger charge is -2.08. The number of hydrogen-bond acceptors (Lipinski definition) is 3. The Morgan fingerprint density at radius 1 is 1.45 bits per heavy atom. The Morgan fingerprint density at radius 2 is 2.00 bits per heavy atom. The molecule has 0 aromatic carbocycles. The quantitative estimate of drug-likeness (QED) is 0.449. The molecule has 4 heteroatoms. The molecule has 0 aliphatic rings. The molecule has 1 unspecified atom stereocenters. The largest absolute Gasteiger partial charge is 0.508 e. The summed E-state index contributed by atoms with van der Waals surface area (Å²) in [5, 5.41) is 0. The number of hydrogen-bond donors (Lipinski definition) is 0. The van der Waals surface area contributed by atoms with Gasteiger partial charge in [0.15, 0.2) is 0 Å². The average Bonchev–Trinajstić information content (AvgIpc) is 1.82. The molecule has 0 aromatic rings. The van der Waals surface area contributed by atoms with Crippen LogP contribution in [0.15, 0.2) is 0 Å². The standard InChI is InChI=1S/C7H13IO3/c1-5(2)11-7(9)10-4-6(3)8/h5-6H,4H2,1-3H3. The van der Waals surface area contributed by atoms with E-state index >= 15 is 0 Å². The van der Waals surface area contributed by atoms with E-state index in [2.05, 4.69) is 22.6 Å². The predicted molar refractivity (Wildman–Crippen MR) is 51.1 cm³/mol. The fourth-order valence-corrected chi connectivity index (χ4v) is 0.589. The Hall–Kier alpha value is 0. The van der Waals surface area contributed by atoms with Crippen molar-refractivity contribution in [3.05, 3.63) is 0 Å². The summed E-state index contributed by atoms with van der Waals surface area (Å²) in [4.78, 5) is 10.7. The maximum absolute atomic E-state index is 10.7. The van der Waals surface area contributed by atoms with E-state index in [-0.39, 0.29) is 6.10 Å². The van der Waals surface area contributed by atoms with Crippen LogP contribution < -0.4 is 0 Å². The Bertz CT molecular complexity index is 123. The van der Waals surface area contributed by atoms with Crippen molar-refractivity contribution in [2.24, 2.45) is 0 Å². The summed E-state index contributed by atoms with van der Waals surface area (Å²) in [7, 11) is 0. The van der Waals surface area contributed by atoms with Gasteiger partial charge in [0, 0.05) is 3.92 Å². The molecule has 0 saturated carbocycles. The molecule has 0 spiro atoms. The monoisotopic (exact) mass is 272 g/mol. The molecule has 0 aromatic heterocycles. The van der Waals surface area contributed by atoms with Crippen LogP contribution in [0.25, 0.3) is 0 Å². The highest BCUT2D eigenvalue weighted by Gasteiger charge is 2.07. The van der Waals surface area contributed by atoms with Crippen molar-refractivity contribution in [2.45, 2.75) is 30.8 Å². The zero-order valence-electron chi connectivity index (χ0n) is 6.96. The molecule has 0 radical (unpaired) electrons. The first kappa shape index (κ1) is 11.0. The molecule has 0 N–H and O–H groups in total. The van der Waals surface area contributed by atoms with Crippen molar-refractivity contribution in [1.29, 1.82) is 0 Å². The van der Waals surface area contributed by atoms with E-state index in [9.17, 15) is 4.79 Å². The summed E-state index contributed by atoms with van der Waals surface area (Å²) in [6.07, 6.45) is -0.685. The summed E-state index contributed by atoms with van der Waals surface area (Å²) in [5.41, 5.74) is 0. The summed E-state index contributed by atoms with van der Waals surface area (Å²) < 4.78 is 9.81. The lowest BCUT2D eigenvalue weighted by molar-refractivity contribution is 0.0360. The van der Waals surface area contributed by atoms with Crippen LogP contribution in [0.2, 0.25) is 0 Å². The first-order valence-electron chi connectivity index (χ1n) is 3.50. The number of alkyl halides is 1. The Labute approximate surface area is 80.6 Å². The first-order valence-corrected chi connectivity index (χ1v) is 4.74. The van der Waals surface area contributed by atoms with Gasteiger partial charge < -0.3 is 9.47 Å². The molecule has 0 fully saturated rings. The molecule has 0 aliphatic heterocycles. The zero-order chi connectivity index (χ0) is 8.85. The van der Waals surface area contributed by atoms with Gasteiger partial charge >= 0.3 is 6.16 Å². The highest BCUT2D eigenvalue weighted by atomic mass is 127. The minimum atomic E-state index is -0.580. The van der Waals surface area contributed by atoms with Crippen molar-refractivity contribution in [3.8, 4) is 0 Å². The van der Waals surface area contributed by atoms with Crippen molar-refractivity contribution >= 4 is 28.7 Å². The van der Waals surface area contributed by atoms with Gasteiger partial charge in [0.05, 0.1) is 6.10 Å². The number of carbonyl (C=O) groups excluding carboxylic acids is 1. The van der Waals surface area contributed by atoms with E-state index in [1.165, 1.54) is 0 Å². The van der Waals surface area contributed by atoms with Gasteiger partial charge in [-0.05, 0) is 13.8 Å². The van der Waals surface area contributed by atoms with Gasteiger partial charge in [-0.25, -0.2) is 4.79 Å². The maximum atomic E-state index is 10.7. The molecular weight excluding hydrogens is 259 g/mol. The van der Waals surface area contributed by atoms with Crippen LogP contribution in [0.1, 0.15) is 20.8 Å². The molecule has 11 heavy (non-hydrogen) atoms. The molecule has 1 atom stereocenters. The Morgan fingerprint density at radius 3 is 2.36 bits per heavy atom. The SMILES string of the molecule is CC(I)COC(=O)OC(C)C. The molecule has 3 nitrogen and oxygen atoms in total. The molecule has 0 amide bonds. The third kappa shape index (κ3) is 7.90. The first-order chi connectivity index (χ1) is 5.02. The van der Waals surface area contributed by atoms with Gasteiger partial charge in [0.25, 0.3) is 0 Å². The van der Waals surface area contributed by atoms with Crippen LogP contribution in [0, 0.1) is 0 Å². The predicted octanol–water partition coefficient (Wildman–Crippen LogP) is 2.37. The summed E-state index contributed by atoms with van der Waals surface area (Å²) in [6.45, 7) is 5.94. The smallest absolute Gasteiger partial charge is 0.433 e. The normalized spacial score (nSPS) is 12.8. The number of carbonyl (C=O) groups is 1. The van der Waals surface area contributed by atoms with Gasteiger partial charge in [-0.3, -0.25) is 0 Å². The summed E-state index contributed by atoms with van der Waals surface area (Å²) >= 11 is 2.18. The van der Waals surface area contributed by atoms with Gasteiger partial charge in [0.1, 0.15) is 6.61 Å². The van der Waals surface area contributed by atoms with Crippen molar-refractivity contribution in [1.82, 2.24) is 0 Å². The van der Waals surface area contributed by atoms with E-state index < -0.39 is 6.16 Å². The van der Waals surface area contributed by atoms with Crippen LogP contribution in [-0.2, 0) is 9.47 Å². The number of ether oxygens (including phenoxy) is 2. The average molecular weight is 272 g/mol. The van der Waals surface area contributed by atoms with E-state index in [1.54, 1.807) is 13.8 Å². The van der Waals surface area contributed by atoms with Crippen LogP contribution in [0.4, 0.5) is 4.79 Å². The second kappa shape index (κ2) is 5.62. The fraction of sp³-hybridized carbons (Fsp3) is 0.857. The summed E-state index contributed by atoms with van der Waals surface area (Å²) in [6, 6.07) is 0. The Balaban J connectivity index is 3.38. The van der Waals surface area contributed by atoms with Crippen LogP contribution >= 0.6 is 22.6 Å². The lowest BCUT2D eigenvalue weighted by Crippen LogP contribution is -2.16. The highest BCUT2D eigenvalue weighted by Crippen LogP contribution is 2.00. The van der Waals surface area contributed by atoms with Crippen molar-refractivity contribution in [3.63, 3.8) is 0 Å². The highest BCUT2D eigenvalue weighted by molar-refractivity contribution is 14.1. The third-order valence-electron chi connectivity index (χ3n) is 0.763. The molecule has 0 saturated heterocycles. The topological polar surface area (TPSA) is 35.5 Å². The second-order valence-corrected chi connectivity index (χ2v) is 4.63. The minimum Gasteiger partial charge on any atom is -0.433 e. The van der Waals surface area contributed by atoms with E-state index in [0.717, 1.165) is 0 Å². The lowest BCUT2D eigenvalue weighted by atomic mass is 10.5. The van der Waals surface area contributed by atoms with E-state index in [0.29, 0.717) is 10.5 Å². The maximum Gasteiger partial charge on any atom is 0.508 e. The minimum absolute atomic E-state index is 0.105. The molecule has 0 aliphatic carbocycles. The van der Waals surface area contributed by atoms with Gasteiger partial charge in [-0.15, -0.1) is 0 Å². The second-order valence-electron chi connectivity index (χ2n) is 2.51. The molecule has 0 bridgehead atoms. The fourth-order valence-electron chi connectivity index (χ4n) is 0.409. The van der Waals surface area contributed by atoms with Crippen molar-refractivity contribution < 1.29 is 14.3 Å². The van der Waals surface area contributed by atoms with Crippen LogP contribution in [0.3, 0.4) is 0 Å². The third-order valence-corrected chi connectivity index (χ3v) is 1.12. The molecule has 0 rings (SSSR count). The number of halogens is 1. The molecule has 66 valence electrons. The summed E-state index contributed by atoms with van der Waals surface area (Å²) in [5.74, 6) is 0. The van der Waals surface area contributed by atoms with Gasteiger partial charge in [-0.1, -0.05) is 29.5 Å². The van der Waals surface area contributed by atoms with Crippen LogP contribution in [0.5, 0.6) is 0 Å².